The van der Waals surface area contributed by atoms with E-state index < -0.39 is 30.7 Å². The molecule has 1 saturated heterocycles. The van der Waals surface area contributed by atoms with E-state index in [2.05, 4.69) is 0 Å². The molecule has 146 valence electrons. The average Bonchev–Trinajstić information content (AvgIpc) is 2.66. The summed E-state index contributed by atoms with van der Waals surface area (Å²) in [6, 6.07) is 12.8. The Balaban J connectivity index is 1.82. The molecule has 27 heavy (non-hydrogen) atoms. The molecule has 1 heterocycles. The maximum absolute atomic E-state index is 10.2. The quantitative estimate of drug-likeness (QED) is 0.617. The average molecular weight is 395 g/mol. The Bertz CT molecular complexity index is 766. The van der Waals surface area contributed by atoms with Gasteiger partial charge in [-0.25, -0.2) is 0 Å². The van der Waals surface area contributed by atoms with Gasteiger partial charge in [-0.05, 0) is 48.2 Å². The molecule has 0 radical (unpaired) electrons. The van der Waals surface area contributed by atoms with E-state index in [0.29, 0.717) is 23.6 Å². The van der Waals surface area contributed by atoms with Crippen molar-refractivity contribution in [2.45, 2.75) is 44.1 Å². The van der Waals surface area contributed by atoms with E-state index in [-0.39, 0.29) is 0 Å². The fraction of sp³-hybridized carbons (Fsp3) is 0.400. The molecule has 1 fully saturated rings. The highest BCUT2D eigenvalue weighted by Gasteiger charge is 2.43. The smallest absolute Gasteiger partial charge is 0.184 e. The van der Waals surface area contributed by atoms with E-state index in [1.54, 1.807) is 18.2 Å². The number of benzene rings is 2. The molecule has 0 aliphatic carbocycles. The molecule has 4 N–H and O–H groups in total. The van der Waals surface area contributed by atoms with Crippen molar-refractivity contribution < 1.29 is 29.9 Å². The van der Waals surface area contributed by atoms with E-state index >= 15 is 0 Å². The Kier molecular flexibility index (Phi) is 6.37. The van der Waals surface area contributed by atoms with E-state index in [4.69, 9.17) is 21.1 Å². The van der Waals surface area contributed by atoms with Crippen LogP contribution in [0.2, 0.25) is 5.02 Å². The van der Waals surface area contributed by atoms with Crippen LogP contribution in [0.15, 0.2) is 42.5 Å². The third kappa shape index (κ3) is 4.43. The molecule has 6 nitrogen and oxygen atoms in total. The minimum absolute atomic E-state index is 0.551. The maximum Gasteiger partial charge on any atom is 0.184 e. The van der Waals surface area contributed by atoms with Gasteiger partial charge in [-0.1, -0.05) is 35.9 Å². The lowest BCUT2D eigenvalue weighted by molar-refractivity contribution is -0.284. The van der Waals surface area contributed by atoms with Crippen LogP contribution in [0.3, 0.4) is 0 Å². The van der Waals surface area contributed by atoms with E-state index in [1.165, 1.54) is 0 Å². The van der Waals surface area contributed by atoms with Gasteiger partial charge in [0, 0.05) is 5.02 Å². The molecular weight excluding hydrogens is 372 g/mol. The van der Waals surface area contributed by atoms with Gasteiger partial charge < -0.3 is 29.9 Å². The Morgan fingerprint density at radius 1 is 0.963 bits per heavy atom. The summed E-state index contributed by atoms with van der Waals surface area (Å²) in [7, 11) is 0. The van der Waals surface area contributed by atoms with Crippen LogP contribution in [-0.4, -0.2) is 51.6 Å². The molecule has 5 atom stereocenters. The van der Waals surface area contributed by atoms with E-state index in [9.17, 15) is 20.4 Å². The second kappa shape index (κ2) is 8.56. The minimum Gasteiger partial charge on any atom is -0.494 e. The third-order valence-electron chi connectivity index (χ3n) is 4.62. The SMILES string of the molecule is CCOc1ccc(Cc2cc([C@@H]3O[C@H](O)[C@@H](O)[C@H](O)[C@H]3O)ccc2Cl)cc1. The number of rotatable bonds is 5. The number of halogens is 1. The molecule has 3 rings (SSSR count). The summed E-state index contributed by atoms with van der Waals surface area (Å²) < 4.78 is 10.7. The van der Waals surface area contributed by atoms with Crippen LogP contribution in [0, 0.1) is 0 Å². The fourth-order valence-electron chi connectivity index (χ4n) is 3.13. The highest BCUT2D eigenvalue weighted by molar-refractivity contribution is 6.31. The Hall–Kier alpha value is -1.67. The first-order valence-corrected chi connectivity index (χ1v) is 9.16. The first-order valence-electron chi connectivity index (χ1n) is 8.78. The van der Waals surface area contributed by atoms with E-state index in [0.717, 1.165) is 16.9 Å². The molecule has 7 heteroatoms. The van der Waals surface area contributed by atoms with Crippen molar-refractivity contribution in [2.24, 2.45) is 0 Å². The molecule has 0 spiro atoms. The van der Waals surface area contributed by atoms with Crippen molar-refractivity contribution in [3.8, 4) is 5.75 Å². The molecule has 0 saturated carbocycles. The van der Waals surface area contributed by atoms with Crippen LogP contribution in [-0.2, 0) is 11.2 Å². The van der Waals surface area contributed by atoms with Crippen molar-refractivity contribution in [1.29, 1.82) is 0 Å². The van der Waals surface area contributed by atoms with Crippen molar-refractivity contribution in [2.75, 3.05) is 6.61 Å². The third-order valence-corrected chi connectivity index (χ3v) is 4.98. The predicted molar refractivity (Wildman–Crippen MR) is 99.7 cm³/mol. The number of hydrogen-bond acceptors (Lipinski definition) is 6. The van der Waals surface area contributed by atoms with Gasteiger partial charge in [0.1, 0.15) is 30.2 Å². The summed E-state index contributed by atoms with van der Waals surface area (Å²) in [4.78, 5) is 0. The normalized spacial score (nSPS) is 28.1. The van der Waals surface area contributed by atoms with Gasteiger partial charge in [0.2, 0.25) is 0 Å². The Morgan fingerprint density at radius 2 is 1.67 bits per heavy atom. The van der Waals surface area contributed by atoms with Crippen LogP contribution in [0.4, 0.5) is 0 Å². The number of ether oxygens (including phenoxy) is 2. The molecule has 1 aliphatic heterocycles. The van der Waals surface area contributed by atoms with Crippen LogP contribution in [0.25, 0.3) is 0 Å². The van der Waals surface area contributed by atoms with Crippen LogP contribution < -0.4 is 4.74 Å². The van der Waals surface area contributed by atoms with Crippen molar-refractivity contribution in [1.82, 2.24) is 0 Å². The predicted octanol–water partition coefficient (Wildman–Crippen LogP) is 1.80. The molecular formula is C20H23ClO6. The largest absolute Gasteiger partial charge is 0.494 e. The summed E-state index contributed by atoms with van der Waals surface area (Å²) in [5.74, 6) is 0.793. The van der Waals surface area contributed by atoms with Crippen LogP contribution >= 0.6 is 11.6 Å². The van der Waals surface area contributed by atoms with Gasteiger partial charge in [0.15, 0.2) is 6.29 Å². The maximum atomic E-state index is 10.2. The van der Waals surface area contributed by atoms with Crippen molar-refractivity contribution >= 4 is 11.6 Å². The van der Waals surface area contributed by atoms with Gasteiger partial charge >= 0.3 is 0 Å². The zero-order chi connectivity index (χ0) is 19.6. The lowest BCUT2D eigenvalue weighted by Crippen LogP contribution is -2.54. The first kappa shape index (κ1) is 20.1. The van der Waals surface area contributed by atoms with Gasteiger partial charge in [0.05, 0.1) is 6.61 Å². The van der Waals surface area contributed by atoms with Crippen molar-refractivity contribution in [3.05, 3.63) is 64.2 Å². The van der Waals surface area contributed by atoms with Crippen molar-refractivity contribution in [3.63, 3.8) is 0 Å². The van der Waals surface area contributed by atoms with Gasteiger partial charge in [-0.2, -0.15) is 0 Å². The summed E-state index contributed by atoms with van der Waals surface area (Å²) >= 11 is 6.32. The molecule has 2 aromatic carbocycles. The summed E-state index contributed by atoms with van der Waals surface area (Å²) in [6.45, 7) is 2.52. The molecule has 1 aliphatic rings. The number of aliphatic hydroxyl groups excluding tert-OH is 4. The van der Waals surface area contributed by atoms with E-state index in [1.807, 2.05) is 31.2 Å². The van der Waals surface area contributed by atoms with Gasteiger partial charge in [0.25, 0.3) is 0 Å². The second-order valence-corrected chi connectivity index (χ2v) is 6.93. The lowest BCUT2D eigenvalue weighted by atomic mass is 9.92. The summed E-state index contributed by atoms with van der Waals surface area (Å²) in [5.41, 5.74) is 2.39. The number of hydrogen-bond donors (Lipinski definition) is 4. The second-order valence-electron chi connectivity index (χ2n) is 6.52. The fourth-order valence-corrected chi connectivity index (χ4v) is 3.32. The highest BCUT2D eigenvalue weighted by Crippen LogP contribution is 2.34. The molecule has 2 aromatic rings. The lowest BCUT2D eigenvalue weighted by Gasteiger charge is -2.38. The molecule has 0 bridgehead atoms. The topological polar surface area (TPSA) is 99.4 Å². The summed E-state index contributed by atoms with van der Waals surface area (Å²) in [5, 5.41) is 40.0. The highest BCUT2D eigenvalue weighted by atomic mass is 35.5. The monoisotopic (exact) mass is 394 g/mol. The minimum atomic E-state index is -1.58. The number of aliphatic hydroxyl groups is 4. The standard InChI is InChI=1S/C20H23ClO6/c1-2-26-14-6-3-11(4-7-14)9-13-10-12(5-8-15(13)21)19-17(23)16(22)18(24)20(25)27-19/h3-8,10,16-20,22-25H,2,9H2,1H3/t16-,17-,18+,19+,20+/m1/s1. The summed E-state index contributed by atoms with van der Waals surface area (Å²) in [6.07, 6.45) is -6.46. The van der Waals surface area contributed by atoms with Gasteiger partial charge in [-0.3, -0.25) is 0 Å². The molecule has 0 aromatic heterocycles. The van der Waals surface area contributed by atoms with Gasteiger partial charge in [-0.15, -0.1) is 0 Å². The van der Waals surface area contributed by atoms with Crippen LogP contribution in [0.5, 0.6) is 5.75 Å². The zero-order valence-corrected chi connectivity index (χ0v) is 15.6. The molecule has 0 amide bonds. The molecule has 0 unspecified atom stereocenters. The Morgan fingerprint density at radius 3 is 2.33 bits per heavy atom. The van der Waals surface area contributed by atoms with Crippen LogP contribution in [0.1, 0.15) is 29.7 Å². The zero-order valence-electron chi connectivity index (χ0n) is 14.8. The Labute approximate surface area is 162 Å². The first-order chi connectivity index (χ1) is 12.9.